The molecule has 2 amide bonds. The molecule has 2 heterocycles. The number of pyridine rings is 2. The topological polar surface area (TPSA) is 171 Å². The van der Waals surface area contributed by atoms with Gasteiger partial charge in [-0.25, -0.2) is 0 Å². The highest BCUT2D eigenvalue weighted by atomic mass is 33.1. The SMILES string of the molecule is O=C([O-])C=NCc1ccc(C=Cc2cccc[n+]2CCCC(=O)NCCSSCCNC(=O)CCC[n+]2ccccc2C=Cc2ccc(CN=CC(=O)[O-])cc2)cc1. The molecule has 0 saturated heterocycles. The van der Waals surface area contributed by atoms with Crippen LogP contribution in [-0.4, -0.2) is 60.8 Å². The third-order valence-electron chi connectivity index (χ3n) is 8.45. The number of nitrogens with zero attached hydrogens (tertiary/aromatic N) is 4. The summed E-state index contributed by atoms with van der Waals surface area (Å²) in [5, 5.41) is 27.0. The smallest absolute Gasteiger partial charge is 0.220 e. The summed E-state index contributed by atoms with van der Waals surface area (Å²) in [7, 11) is 3.35. The summed E-state index contributed by atoms with van der Waals surface area (Å²) in [6.07, 6.45) is 15.9. The van der Waals surface area contributed by atoms with Crippen LogP contribution in [0.4, 0.5) is 0 Å². The molecule has 0 unspecified atom stereocenters. The van der Waals surface area contributed by atoms with E-state index in [0.717, 1.165) is 57.6 Å². The van der Waals surface area contributed by atoms with Crippen LogP contribution in [0.1, 0.15) is 59.3 Å². The molecule has 0 aliphatic rings. The largest absolute Gasteiger partial charge is 0.544 e. The fourth-order valence-electron chi connectivity index (χ4n) is 5.55. The Kier molecular flexibility index (Phi) is 20.2. The van der Waals surface area contributed by atoms with Gasteiger partial charge in [0.2, 0.25) is 23.2 Å². The van der Waals surface area contributed by atoms with Gasteiger partial charge in [0.25, 0.3) is 0 Å². The van der Waals surface area contributed by atoms with Crippen LogP contribution in [0.25, 0.3) is 24.3 Å². The quantitative estimate of drug-likeness (QED) is 0.0445. The lowest BCUT2D eigenvalue weighted by molar-refractivity contribution is -0.699. The Morgan fingerprint density at radius 1 is 0.569 bits per heavy atom. The van der Waals surface area contributed by atoms with Gasteiger partial charge < -0.3 is 30.4 Å². The van der Waals surface area contributed by atoms with Crippen molar-refractivity contribution in [3.05, 3.63) is 131 Å². The van der Waals surface area contributed by atoms with Crippen LogP contribution in [0.2, 0.25) is 0 Å². The van der Waals surface area contributed by atoms with Gasteiger partial charge in [-0.3, -0.25) is 19.6 Å². The molecule has 302 valence electrons. The molecule has 58 heavy (non-hydrogen) atoms. The Hall–Kier alpha value is -5.86. The number of carbonyl (C=O) groups excluding carboxylic acids is 4. The molecule has 4 aromatic rings. The molecule has 2 N–H and O–H groups in total. The van der Waals surface area contributed by atoms with E-state index in [1.165, 1.54) is 0 Å². The Morgan fingerprint density at radius 3 is 1.38 bits per heavy atom. The van der Waals surface area contributed by atoms with Crippen LogP contribution in [-0.2, 0) is 45.4 Å². The molecular weight excluding hydrogens is 773 g/mol. The Labute approximate surface area is 347 Å². The standard InChI is InChI=1S/C44H48N6O6S2/c51-41(9-5-27-49-25-3-1-7-39(49)21-19-35-11-15-37(16-12-35)31-45-33-43(53)54)47-23-29-57-58-30-24-48-42(52)10-6-28-50-26-4-2-8-40(50)22-20-36-13-17-38(18-14-36)32-46-34-44(55)56/h1-4,7-8,11-22,25-26,33-34H,5-6,9-10,23-24,27-32H2,(H2-2,47,48,51,52,53,54,55,56). The van der Waals surface area contributed by atoms with Gasteiger partial charge in [0, 0.05) is 99.1 Å². The first kappa shape index (κ1) is 44.8. The predicted octanol–water partition coefficient (Wildman–Crippen LogP) is 3.12. The first-order chi connectivity index (χ1) is 28.2. The number of carboxylic acid groups (broad SMARTS) is 2. The number of aliphatic imine (C=N–C) groups is 2. The van der Waals surface area contributed by atoms with Crippen molar-refractivity contribution in [3.8, 4) is 0 Å². The average Bonchev–Trinajstić information content (AvgIpc) is 3.22. The van der Waals surface area contributed by atoms with Gasteiger partial charge >= 0.3 is 0 Å². The zero-order valence-corrected chi connectivity index (χ0v) is 33.9. The summed E-state index contributed by atoms with van der Waals surface area (Å²) >= 11 is 0. The highest BCUT2D eigenvalue weighted by molar-refractivity contribution is 8.76. The average molecular weight is 821 g/mol. The minimum Gasteiger partial charge on any atom is -0.544 e. The van der Waals surface area contributed by atoms with Crippen molar-refractivity contribution < 1.29 is 38.5 Å². The second kappa shape index (κ2) is 26.1. The predicted molar refractivity (Wildman–Crippen MR) is 228 cm³/mol. The van der Waals surface area contributed by atoms with E-state index < -0.39 is 11.9 Å². The number of hydrogen-bond acceptors (Lipinski definition) is 10. The van der Waals surface area contributed by atoms with Crippen LogP contribution in [0.5, 0.6) is 0 Å². The summed E-state index contributed by atoms with van der Waals surface area (Å²) in [4.78, 5) is 53.5. The first-order valence-corrected chi connectivity index (χ1v) is 21.4. The van der Waals surface area contributed by atoms with Gasteiger partial charge in [-0.2, -0.15) is 9.13 Å². The van der Waals surface area contributed by atoms with Crippen LogP contribution in [0, 0.1) is 0 Å². The summed E-state index contributed by atoms with van der Waals surface area (Å²) in [5.41, 5.74) is 5.84. The molecule has 2 aromatic carbocycles. The maximum Gasteiger partial charge on any atom is 0.220 e. The van der Waals surface area contributed by atoms with Crippen LogP contribution in [0.15, 0.2) is 107 Å². The minimum absolute atomic E-state index is 0.0272. The first-order valence-electron chi connectivity index (χ1n) is 19.0. The number of aromatic nitrogens is 2. The lowest BCUT2D eigenvalue weighted by atomic mass is 10.1. The van der Waals surface area contributed by atoms with E-state index in [0.29, 0.717) is 51.9 Å². The maximum absolute atomic E-state index is 12.4. The van der Waals surface area contributed by atoms with Crippen molar-refractivity contribution in [1.29, 1.82) is 0 Å². The van der Waals surface area contributed by atoms with E-state index >= 15 is 0 Å². The number of nitrogens with one attached hydrogen (secondary N) is 2. The van der Waals surface area contributed by atoms with Gasteiger partial charge in [0.1, 0.15) is 13.1 Å². The third-order valence-corrected chi connectivity index (χ3v) is 10.9. The van der Waals surface area contributed by atoms with Gasteiger partial charge in [-0.05, 0) is 46.5 Å². The molecule has 12 nitrogen and oxygen atoms in total. The second-order valence-electron chi connectivity index (χ2n) is 12.9. The van der Waals surface area contributed by atoms with Crippen LogP contribution in [0.3, 0.4) is 0 Å². The Bertz CT molecular complexity index is 1910. The minimum atomic E-state index is -1.31. The van der Waals surface area contributed by atoms with Gasteiger partial charge in [0.05, 0.1) is 25.0 Å². The molecule has 2 aromatic heterocycles. The molecule has 0 atom stereocenters. The molecule has 0 fully saturated rings. The molecule has 0 bridgehead atoms. The molecule has 0 spiro atoms. The summed E-state index contributed by atoms with van der Waals surface area (Å²) in [5.74, 6) is -1.01. The fraction of sp³-hybridized carbons (Fsp3) is 0.273. The number of rotatable bonds is 25. The lowest BCUT2D eigenvalue weighted by Gasteiger charge is -2.06. The highest BCUT2D eigenvalue weighted by Gasteiger charge is 2.10. The van der Waals surface area contributed by atoms with Gasteiger partial charge in [0.15, 0.2) is 12.4 Å². The Morgan fingerprint density at radius 2 is 0.983 bits per heavy atom. The van der Waals surface area contributed by atoms with E-state index in [1.807, 2.05) is 122 Å². The molecule has 0 saturated carbocycles. The van der Waals surface area contributed by atoms with E-state index in [4.69, 9.17) is 0 Å². The van der Waals surface area contributed by atoms with Crippen LogP contribution >= 0.6 is 21.6 Å². The van der Waals surface area contributed by atoms with E-state index in [-0.39, 0.29) is 24.9 Å². The van der Waals surface area contributed by atoms with E-state index in [1.54, 1.807) is 21.6 Å². The number of aliphatic carboxylic acids is 2. The van der Waals surface area contributed by atoms with Crippen molar-refractivity contribution in [2.75, 3.05) is 24.6 Å². The molecule has 0 radical (unpaired) electrons. The van der Waals surface area contributed by atoms with Crippen LogP contribution < -0.4 is 30.0 Å². The van der Waals surface area contributed by atoms with Crippen molar-refractivity contribution in [2.45, 2.75) is 51.9 Å². The van der Waals surface area contributed by atoms with E-state index in [9.17, 15) is 29.4 Å². The monoisotopic (exact) mass is 820 g/mol. The maximum atomic E-state index is 12.4. The zero-order valence-electron chi connectivity index (χ0n) is 32.2. The zero-order chi connectivity index (χ0) is 41.2. The lowest BCUT2D eigenvalue weighted by Crippen LogP contribution is -2.37. The number of benzene rings is 2. The second-order valence-corrected chi connectivity index (χ2v) is 15.6. The van der Waals surface area contributed by atoms with Gasteiger partial charge in [-0.1, -0.05) is 70.1 Å². The highest BCUT2D eigenvalue weighted by Crippen LogP contribution is 2.19. The number of amides is 2. The third kappa shape index (κ3) is 18.4. The molecule has 0 aliphatic carbocycles. The fourth-order valence-corrected chi connectivity index (χ4v) is 7.36. The number of hydrogen-bond donors (Lipinski definition) is 2. The van der Waals surface area contributed by atoms with Crippen molar-refractivity contribution in [1.82, 2.24) is 10.6 Å². The molecular formula is C44H48N6O6S2. The molecule has 4 rings (SSSR count). The van der Waals surface area contributed by atoms with Gasteiger partial charge in [-0.15, -0.1) is 0 Å². The van der Waals surface area contributed by atoms with Crippen molar-refractivity contribution >= 4 is 82.1 Å². The number of carboxylic acids is 2. The summed E-state index contributed by atoms with van der Waals surface area (Å²) in [6, 6.07) is 27.4. The molecule has 14 heteroatoms. The van der Waals surface area contributed by atoms with Crippen molar-refractivity contribution in [3.63, 3.8) is 0 Å². The summed E-state index contributed by atoms with van der Waals surface area (Å²) < 4.78 is 4.23. The van der Waals surface area contributed by atoms with E-state index in [2.05, 4.69) is 29.8 Å². The number of aryl methyl sites for hydroxylation is 2. The normalized spacial score (nSPS) is 11.5. The number of carbonyl (C=O) groups is 4. The summed E-state index contributed by atoms with van der Waals surface area (Å²) in [6.45, 7) is 3.14. The molecule has 0 aliphatic heterocycles. The Balaban J connectivity index is 1.03. The van der Waals surface area contributed by atoms with Crippen molar-refractivity contribution in [2.24, 2.45) is 9.98 Å².